The maximum atomic E-state index is 12.2. The lowest BCUT2D eigenvalue weighted by Crippen LogP contribution is -2.42. The number of nitrogens with zero attached hydrogens (tertiary/aromatic N) is 2. The van der Waals surface area contributed by atoms with Crippen LogP contribution in [0.4, 0.5) is 0 Å². The second kappa shape index (κ2) is 9.11. The van der Waals surface area contributed by atoms with E-state index in [4.69, 9.17) is 14.2 Å². The summed E-state index contributed by atoms with van der Waals surface area (Å²) in [5.74, 6) is 0.0682. The number of hydrogen-bond donors (Lipinski definition) is 0. The molecule has 1 atom stereocenters. The number of amides is 1. The minimum absolute atomic E-state index is 0.0682. The molecule has 0 spiro atoms. The van der Waals surface area contributed by atoms with Crippen molar-refractivity contribution in [2.75, 3.05) is 32.9 Å². The molecule has 2 aliphatic rings. The molecule has 2 aliphatic heterocycles. The number of ether oxygens (including phenoxy) is 3. The van der Waals surface area contributed by atoms with Crippen LogP contribution in [0.2, 0.25) is 0 Å². The van der Waals surface area contributed by atoms with Crippen molar-refractivity contribution in [1.82, 2.24) is 9.88 Å². The SMILES string of the molecule is O=C(COC[C@@H]1CCCO1)N1CCC(OCc2cccnc2)CC1. The fourth-order valence-electron chi connectivity index (χ4n) is 3.11. The predicted molar refractivity (Wildman–Crippen MR) is 88.4 cm³/mol. The van der Waals surface area contributed by atoms with E-state index in [1.807, 2.05) is 23.2 Å². The first-order valence-corrected chi connectivity index (χ1v) is 8.79. The Hall–Kier alpha value is -1.50. The fraction of sp³-hybridized carbons (Fsp3) is 0.667. The lowest BCUT2D eigenvalue weighted by Gasteiger charge is -2.32. The number of hydrogen-bond acceptors (Lipinski definition) is 5. The molecular weight excluding hydrogens is 308 g/mol. The number of piperidine rings is 1. The Morgan fingerprint density at radius 3 is 2.92 bits per heavy atom. The summed E-state index contributed by atoms with van der Waals surface area (Å²) >= 11 is 0. The van der Waals surface area contributed by atoms with Crippen molar-refractivity contribution in [3.63, 3.8) is 0 Å². The van der Waals surface area contributed by atoms with Crippen LogP contribution in [-0.4, -0.2) is 60.9 Å². The van der Waals surface area contributed by atoms with Crippen molar-refractivity contribution >= 4 is 5.91 Å². The van der Waals surface area contributed by atoms with Gasteiger partial charge in [-0.15, -0.1) is 0 Å². The van der Waals surface area contributed by atoms with Crippen molar-refractivity contribution in [1.29, 1.82) is 0 Å². The first-order chi connectivity index (χ1) is 11.8. The van der Waals surface area contributed by atoms with Gasteiger partial charge in [-0.25, -0.2) is 0 Å². The van der Waals surface area contributed by atoms with E-state index in [2.05, 4.69) is 4.98 Å². The Morgan fingerprint density at radius 2 is 2.21 bits per heavy atom. The zero-order valence-corrected chi connectivity index (χ0v) is 14.1. The van der Waals surface area contributed by atoms with Gasteiger partial charge in [-0.3, -0.25) is 9.78 Å². The first kappa shape index (κ1) is 17.3. The Labute approximate surface area is 143 Å². The summed E-state index contributed by atoms with van der Waals surface area (Å²) in [7, 11) is 0. The van der Waals surface area contributed by atoms with E-state index in [0.717, 1.165) is 50.9 Å². The van der Waals surface area contributed by atoms with Crippen LogP contribution in [0.25, 0.3) is 0 Å². The smallest absolute Gasteiger partial charge is 0.248 e. The molecule has 3 rings (SSSR count). The summed E-state index contributed by atoms with van der Waals surface area (Å²) < 4.78 is 16.9. The highest BCUT2D eigenvalue weighted by Crippen LogP contribution is 2.16. The van der Waals surface area contributed by atoms with Crippen LogP contribution in [0.3, 0.4) is 0 Å². The van der Waals surface area contributed by atoms with Crippen LogP contribution in [0.15, 0.2) is 24.5 Å². The first-order valence-electron chi connectivity index (χ1n) is 8.79. The number of carbonyl (C=O) groups is 1. The second-order valence-electron chi connectivity index (χ2n) is 6.40. The van der Waals surface area contributed by atoms with Crippen LogP contribution in [-0.2, 0) is 25.6 Å². The van der Waals surface area contributed by atoms with Crippen molar-refractivity contribution in [2.24, 2.45) is 0 Å². The summed E-state index contributed by atoms with van der Waals surface area (Å²) in [4.78, 5) is 18.1. The maximum absolute atomic E-state index is 12.2. The van der Waals surface area contributed by atoms with E-state index in [-0.39, 0.29) is 24.7 Å². The zero-order valence-electron chi connectivity index (χ0n) is 14.1. The van der Waals surface area contributed by atoms with Crippen LogP contribution in [0.1, 0.15) is 31.2 Å². The van der Waals surface area contributed by atoms with E-state index >= 15 is 0 Å². The average molecular weight is 334 g/mol. The van der Waals surface area contributed by atoms with Gasteiger partial charge >= 0.3 is 0 Å². The van der Waals surface area contributed by atoms with Gasteiger partial charge < -0.3 is 19.1 Å². The van der Waals surface area contributed by atoms with Crippen LogP contribution in [0.5, 0.6) is 0 Å². The van der Waals surface area contributed by atoms with E-state index in [1.165, 1.54) is 0 Å². The van der Waals surface area contributed by atoms with Crippen molar-refractivity contribution < 1.29 is 19.0 Å². The van der Waals surface area contributed by atoms with E-state index < -0.39 is 0 Å². The number of rotatable bonds is 7. The molecule has 0 radical (unpaired) electrons. The third-order valence-corrected chi connectivity index (χ3v) is 4.56. The molecule has 24 heavy (non-hydrogen) atoms. The Morgan fingerprint density at radius 1 is 1.33 bits per heavy atom. The molecule has 2 fully saturated rings. The van der Waals surface area contributed by atoms with E-state index in [9.17, 15) is 4.79 Å². The van der Waals surface area contributed by atoms with Gasteiger partial charge in [0.15, 0.2) is 0 Å². The normalized spacial score (nSPS) is 22.0. The van der Waals surface area contributed by atoms with Gasteiger partial charge in [0.2, 0.25) is 5.91 Å². The molecule has 3 heterocycles. The van der Waals surface area contributed by atoms with Crippen molar-refractivity contribution in [2.45, 2.75) is 44.5 Å². The van der Waals surface area contributed by atoms with Crippen LogP contribution in [0, 0.1) is 0 Å². The van der Waals surface area contributed by atoms with Gasteiger partial charge in [0.1, 0.15) is 6.61 Å². The molecule has 0 aliphatic carbocycles. The van der Waals surface area contributed by atoms with Crippen molar-refractivity contribution in [3.8, 4) is 0 Å². The molecule has 132 valence electrons. The Kier molecular flexibility index (Phi) is 6.57. The number of aromatic nitrogens is 1. The molecule has 6 heteroatoms. The Bertz CT molecular complexity index is 497. The molecule has 0 saturated carbocycles. The topological polar surface area (TPSA) is 60.9 Å². The monoisotopic (exact) mass is 334 g/mol. The minimum atomic E-state index is 0.0682. The molecule has 0 unspecified atom stereocenters. The largest absolute Gasteiger partial charge is 0.376 e. The average Bonchev–Trinajstić information content (AvgIpc) is 3.15. The highest BCUT2D eigenvalue weighted by molar-refractivity contribution is 5.77. The van der Waals surface area contributed by atoms with Gasteiger partial charge in [0, 0.05) is 32.1 Å². The Balaban J connectivity index is 1.30. The molecule has 0 N–H and O–H groups in total. The number of likely N-dealkylation sites (tertiary alicyclic amines) is 1. The lowest BCUT2D eigenvalue weighted by molar-refractivity contribution is -0.140. The van der Waals surface area contributed by atoms with Gasteiger partial charge in [0.25, 0.3) is 0 Å². The lowest BCUT2D eigenvalue weighted by atomic mass is 10.1. The van der Waals surface area contributed by atoms with E-state index in [0.29, 0.717) is 13.2 Å². The summed E-state index contributed by atoms with van der Waals surface area (Å²) in [5, 5.41) is 0. The molecule has 0 aromatic carbocycles. The third kappa shape index (κ3) is 5.26. The molecule has 0 bridgehead atoms. The van der Waals surface area contributed by atoms with E-state index in [1.54, 1.807) is 6.20 Å². The van der Waals surface area contributed by atoms with Gasteiger partial charge in [-0.05, 0) is 37.3 Å². The highest BCUT2D eigenvalue weighted by atomic mass is 16.5. The predicted octanol–water partition coefficient (Wildman–Crippen LogP) is 1.78. The molecule has 1 aromatic rings. The summed E-state index contributed by atoms with van der Waals surface area (Å²) in [6.07, 6.45) is 7.84. The maximum Gasteiger partial charge on any atom is 0.248 e. The molecular formula is C18H26N2O4. The van der Waals surface area contributed by atoms with Crippen LogP contribution < -0.4 is 0 Å². The molecule has 2 saturated heterocycles. The van der Waals surface area contributed by atoms with Crippen molar-refractivity contribution in [3.05, 3.63) is 30.1 Å². The molecule has 1 aromatic heterocycles. The van der Waals surface area contributed by atoms with Gasteiger partial charge in [-0.2, -0.15) is 0 Å². The summed E-state index contributed by atoms with van der Waals surface area (Å²) in [5.41, 5.74) is 1.08. The second-order valence-corrected chi connectivity index (χ2v) is 6.40. The highest BCUT2D eigenvalue weighted by Gasteiger charge is 2.24. The van der Waals surface area contributed by atoms with Gasteiger partial charge in [-0.1, -0.05) is 6.07 Å². The minimum Gasteiger partial charge on any atom is -0.376 e. The molecule has 1 amide bonds. The number of carbonyl (C=O) groups excluding carboxylic acids is 1. The number of pyridine rings is 1. The third-order valence-electron chi connectivity index (χ3n) is 4.56. The quantitative estimate of drug-likeness (QED) is 0.761. The summed E-state index contributed by atoms with van der Waals surface area (Å²) in [6, 6.07) is 3.92. The standard InChI is InChI=1S/C18H26N2O4/c21-18(14-22-13-17-4-2-10-23-17)20-8-5-16(6-9-20)24-12-15-3-1-7-19-11-15/h1,3,7,11,16-17H,2,4-6,8-10,12-14H2/t17-/m0/s1. The zero-order chi connectivity index (χ0) is 16.6. The van der Waals surface area contributed by atoms with Crippen LogP contribution >= 0.6 is 0 Å². The summed E-state index contributed by atoms with van der Waals surface area (Å²) in [6.45, 7) is 3.54. The fourth-order valence-corrected chi connectivity index (χ4v) is 3.11. The molecule has 6 nitrogen and oxygen atoms in total. The van der Waals surface area contributed by atoms with Gasteiger partial charge in [0.05, 0.1) is 25.4 Å².